The zero-order valence-electron chi connectivity index (χ0n) is 13.4. The van der Waals surface area contributed by atoms with Crippen molar-refractivity contribution in [1.82, 2.24) is 10.3 Å². The van der Waals surface area contributed by atoms with Crippen molar-refractivity contribution in [3.05, 3.63) is 23.9 Å². The maximum absolute atomic E-state index is 12.0. The molecule has 1 fully saturated rings. The van der Waals surface area contributed by atoms with Gasteiger partial charge in [0.05, 0.1) is 17.6 Å². The molecule has 1 aromatic rings. The Morgan fingerprint density at radius 2 is 2.18 bits per heavy atom. The average Bonchev–Trinajstić information content (AvgIpc) is 2.92. The van der Waals surface area contributed by atoms with E-state index in [4.69, 9.17) is 4.74 Å². The van der Waals surface area contributed by atoms with Gasteiger partial charge in [0.25, 0.3) is 5.91 Å². The van der Waals surface area contributed by atoms with E-state index >= 15 is 0 Å². The summed E-state index contributed by atoms with van der Waals surface area (Å²) in [6, 6.07) is 3.58. The van der Waals surface area contributed by atoms with Crippen molar-refractivity contribution in [2.24, 2.45) is 5.41 Å². The molecule has 0 bridgehead atoms. The minimum atomic E-state index is -0.490. The second kappa shape index (κ2) is 6.77. The molecule has 0 spiro atoms. The van der Waals surface area contributed by atoms with Crippen LogP contribution in [-0.2, 0) is 9.53 Å². The summed E-state index contributed by atoms with van der Waals surface area (Å²) in [6.45, 7) is 7.94. The lowest BCUT2D eigenvalue weighted by Gasteiger charge is -2.23. The summed E-state index contributed by atoms with van der Waals surface area (Å²) in [5.74, 6) is 0.497. The van der Waals surface area contributed by atoms with Gasteiger partial charge in [-0.2, -0.15) is 0 Å². The van der Waals surface area contributed by atoms with E-state index in [0.717, 1.165) is 18.8 Å². The SMILES string of the molecule is CCNC(=O)c1ccc(N2CCC(C)(C(=O)OCC)C2)nc1. The van der Waals surface area contributed by atoms with Gasteiger partial charge in [-0.25, -0.2) is 4.98 Å². The number of rotatable bonds is 5. The van der Waals surface area contributed by atoms with E-state index in [1.807, 2.05) is 26.8 Å². The number of ether oxygens (including phenoxy) is 1. The number of hydrogen-bond acceptors (Lipinski definition) is 5. The molecule has 0 aromatic carbocycles. The van der Waals surface area contributed by atoms with E-state index in [1.165, 1.54) is 0 Å². The lowest BCUT2D eigenvalue weighted by molar-refractivity contribution is -0.153. The lowest BCUT2D eigenvalue weighted by Crippen LogP contribution is -2.33. The molecule has 1 unspecified atom stereocenters. The monoisotopic (exact) mass is 305 g/mol. The number of esters is 1. The molecule has 1 amide bonds. The number of anilines is 1. The van der Waals surface area contributed by atoms with Crippen LogP contribution in [0.2, 0.25) is 0 Å². The number of amides is 1. The fourth-order valence-electron chi connectivity index (χ4n) is 2.60. The number of hydrogen-bond donors (Lipinski definition) is 1. The first-order valence-corrected chi connectivity index (χ1v) is 7.66. The van der Waals surface area contributed by atoms with Crippen molar-refractivity contribution in [2.75, 3.05) is 31.1 Å². The lowest BCUT2D eigenvalue weighted by atomic mass is 9.90. The van der Waals surface area contributed by atoms with Crippen LogP contribution >= 0.6 is 0 Å². The molecule has 0 radical (unpaired) electrons. The zero-order chi connectivity index (χ0) is 16.2. The molecule has 1 aliphatic rings. The molecule has 1 N–H and O–H groups in total. The molecule has 1 aromatic heterocycles. The first-order valence-electron chi connectivity index (χ1n) is 7.66. The summed E-state index contributed by atoms with van der Waals surface area (Å²) in [5, 5.41) is 2.74. The second-order valence-corrected chi connectivity index (χ2v) is 5.72. The number of carbonyl (C=O) groups is 2. The second-order valence-electron chi connectivity index (χ2n) is 5.72. The van der Waals surface area contributed by atoms with Crippen LogP contribution in [0.15, 0.2) is 18.3 Å². The molecule has 120 valence electrons. The first-order chi connectivity index (χ1) is 10.5. The maximum atomic E-state index is 12.0. The van der Waals surface area contributed by atoms with Crippen molar-refractivity contribution in [1.29, 1.82) is 0 Å². The van der Waals surface area contributed by atoms with E-state index in [9.17, 15) is 9.59 Å². The van der Waals surface area contributed by atoms with Crippen LogP contribution in [0, 0.1) is 5.41 Å². The van der Waals surface area contributed by atoms with Crippen LogP contribution in [0.3, 0.4) is 0 Å². The maximum Gasteiger partial charge on any atom is 0.313 e. The summed E-state index contributed by atoms with van der Waals surface area (Å²) in [7, 11) is 0. The summed E-state index contributed by atoms with van der Waals surface area (Å²) in [6.07, 6.45) is 2.31. The summed E-state index contributed by atoms with van der Waals surface area (Å²) in [5.41, 5.74) is 0.0496. The van der Waals surface area contributed by atoms with Gasteiger partial charge >= 0.3 is 5.97 Å². The fraction of sp³-hybridized carbons (Fsp3) is 0.562. The molecule has 6 nitrogen and oxygen atoms in total. The Labute approximate surface area is 130 Å². The van der Waals surface area contributed by atoms with Gasteiger partial charge in [0, 0.05) is 25.8 Å². The predicted octanol–water partition coefficient (Wildman–Crippen LogP) is 1.61. The molecular formula is C16H23N3O3. The standard InChI is InChI=1S/C16H23N3O3/c1-4-17-14(20)12-6-7-13(18-10-12)19-9-8-16(3,11-19)15(21)22-5-2/h6-7,10H,4-5,8-9,11H2,1-3H3,(H,17,20). The van der Waals surface area contributed by atoms with Crippen LogP contribution in [-0.4, -0.2) is 43.1 Å². The Kier molecular flexibility index (Phi) is 5.00. The van der Waals surface area contributed by atoms with Gasteiger partial charge in [0.15, 0.2) is 0 Å². The topological polar surface area (TPSA) is 71.5 Å². The Bertz CT molecular complexity index is 544. The highest BCUT2D eigenvalue weighted by Crippen LogP contribution is 2.33. The van der Waals surface area contributed by atoms with Crippen LogP contribution in [0.5, 0.6) is 0 Å². The number of pyridine rings is 1. The Hall–Kier alpha value is -2.11. The zero-order valence-corrected chi connectivity index (χ0v) is 13.4. The van der Waals surface area contributed by atoms with Gasteiger partial charge in [-0.15, -0.1) is 0 Å². The van der Waals surface area contributed by atoms with E-state index in [0.29, 0.717) is 25.3 Å². The number of nitrogens with zero attached hydrogens (tertiary/aromatic N) is 2. The summed E-state index contributed by atoms with van der Waals surface area (Å²) < 4.78 is 5.15. The number of carbonyl (C=O) groups excluding carboxylic acids is 2. The van der Waals surface area contributed by atoms with Crippen molar-refractivity contribution in [2.45, 2.75) is 27.2 Å². The molecule has 1 aliphatic heterocycles. The van der Waals surface area contributed by atoms with E-state index in [1.54, 1.807) is 12.3 Å². The van der Waals surface area contributed by atoms with Crippen molar-refractivity contribution >= 4 is 17.7 Å². The molecule has 6 heteroatoms. The minimum Gasteiger partial charge on any atom is -0.466 e. The van der Waals surface area contributed by atoms with Crippen LogP contribution in [0.1, 0.15) is 37.6 Å². The fourth-order valence-corrected chi connectivity index (χ4v) is 2.60. The Morgan fingerprint density at radius 3 is 2.77 bits per heavy atom. The van der Waals surface area contributed by atoms with Crippen LogP contribution < -0.4 is 10.2 Å². The van der Waals surface area contributed by atoms with E-state index in [2.05, 4.69) is 15.2 Å². The number of nitrogens with one attached hydrogen (secondary N) is 1. The molecule has 2 heterocycles. The van der Waals surface area contributed by atoms with Crippen molar-refractivity contribution in [3.8, 4) is 0 Å². The smallest absolute Gasteiger partial charge is 0.313 e. The Balaban J connectivity index is 2.05. The van der Waals surface area contributed by atoms with Gasteiger partial charge < -0.3 is 15.0 Å². The molecule has 22 heavy (non-hydrogen) atoms. The van der Waals surface area contributed by atoms with Gasteiger partial charge in [0.2, 0.25) is 0 Å². The first kappa shape index (κ1) is 16.3. The molecule has 1 saturated heterocycles. The van der Waals surface area contributed by atoms with Crippen LogP contribution in [0.25, 0.3) is 0 Å². The van der Waals surface area contributed by atoms with E-state index < -0.39 is 5.41 Å². The van der Waals surface area contributed by atoms with Gasteiger partial charge in [-0.1, -0.05) is 0 Å². The minimum absolute atomic E-state index is 0.126. The van der Waals surface area contributed by atoms with Gasteiger partial charge in [0.1, 0.15) is 5.82 Å². The molecule has 0 saturated carbocycles. The number of aromatic nitrogens is 1. The third-order valence-corrected chi connectivity index (χ3v) is 3.91. The van der Waals surface area contributed by atoms with Crippen LogP contribution in [0.4, 0.5) is 5.82 Å². The normalized spacial score (nSPS) is 20.8. The quantitative estimate of drug-likeness (QED) is 0.837. The highest BCUT2D eigenvalue weighted by atomic mass is 16.5. The van der Waals surface area contributed by atoms with Gasteiger partial charge in [-0.05, 0) is 39.3 Å². The molecular weight excluding hydrogens is 282 g/mol. The third kappa shape index (κ3) is 3.37. The Morgan fingerprint density at radius 1 is 1.41 bits per heavy atom. The summed E-state index contributed by atoms with van der Waals surface area (Å²) >= 11 is 0. The third-order valence-electron chi connectivity index (χ3n) is 3.91. The van der Waals surface area contributed by atoms with E-state index in [-0.39, 0.29) is 11.9 Å². The van der Waals surface area contributed by atoms with Crippen molar-refractivity contribution < 1.29 is 14.3 Å². The molecule has 0 aliphatic carbocycles. The predicted molar refractivity (Wildman–Crippen MR) is 83.8 cm³/mol. The average molecular weight is 305 g/mol. The highest BCUT2D eigenvalue weighted by molar-refractivity contribution is 5.94. The van der Waals surface area contributed by atoms with Gasteiger partial charge in [-0.3, -0.25) is 9.59 Å². The highest BCUT2D eigenvalue weighted by Gasteiger charge is 2.42. The molecule has 1 atom stereocenters. The summed E-state index contributed by atoms with van der Waals surface area (Å²) in [4.78, 5) is 30.2. The molecule has 2 rings (SSSR count). The largest absolute Gasteiger partial charge is 0.466 e. The van der Waals surface area contributed by atoms with Crippen molar-refractivity contribution in [3.63, 3.8) is 0 Å².